The third-order valence-electron chi connectivity index (χ3n) is 6.69. The van der Waals surface area contributed by atoms with Crippen LogP contribution < -0.4 is 4.74 Å². The highest BCUT2D eigenvalue weighted by Gasteiger charge is 2.34. The van der Waals surface area contributed by atoms with Crippen LogP contribution in [0.4, 0.5) is 0 Å². The molecule has 0 bridgehead atoms. The number of aliphatic hydroxyl groups excluding tert-OH is 1. The highest BCUT2D eigenvalue weighted by atomic mass is 35.5. The molecule has 0 spiro atoms. The molecule has 182 valence electrons. The van der Waals surface area contributed by atoms with Crippen LogP contribution in [-0.4, -0.2) is 52.8 Å². The van der Waals surface area contributed by atoms with Crippen LogP contribution in [0.15, 0.2) is 54.7 Å². The van der Waals surface area contributed by atoms with Crippen molar-refractivity contribution in [2.24, 2.45) is 11.8 Å². The molecule has 1 saturated heterocycles. The highest BCUT2D eigenvalue weighted by Crippen LogP contribution is 2.33. The molecule has 2 N–H and O–H groups in total. The van der Waals surface area contributed by atoms with Crippen molar-refractivity contribution in [3.05, 3.63) is 70.9 Å². The fraction of sp³-hybridized carbons (Fsp3) is 0.357. The Morgan fingerprint density at radius 2 is 2.06 bits per heavy atom. The Hall–Kier alpha value is -3.11. The molecule has 0 aliphatic carbocycles. The van der Waals surface area contributed by atoms with Gasteiger partial charge in [-0.25, -0.2) is 0 Å². The highest BCUT2D eigenvalue weighted by molar-refractivity contribution is 6.30. The van der Waals surface area contributed by atoms with Crippen LogP contribution >= 0.6 is 11.6 Å². The fourth-order valence-electron chi connectivity index (χ4n) is 4.72. The van der Waals surface area contributed by atoms with Gasteiger partial charge in [0.15, 0.2) is 0 Å². The number of aliphatic carboxylic acids is 1. The Morgan fingerprint density at radius 1 is 1.26 bits per heavy atom. The van der Waals surface area contributed by atoms with E-state index in [1.807, 2.05) is 36.4 Å². The number of nitrogens with zero attached hydrogens (tertiary/aromatic N) is 2. The molecule has 7 heteroatoms. The molecule has 35 heavy (non-hydrogen) atoms. The van der Waals surface area contributed by atoms with Crippen LogP contribution in [0.5, 0.6) is 5.75 Å². The molecule has 3 atom stereocenters. The molecule has 0 amide bonds. The van der Waals surface area contributed by atoms with Gasteiger partial charge < -0.3 is 14.9 Å². The van der Waals surface area contributed by atoms with Gasteiger partial charge in [-0.15, -0.1) is 0 Å². The Kier molecular flexibility index (Phi) is 8.25. The summed E-state index contributed by atoms with van der Waals surface area (Å²) in [6.07, 6.45) is 2.87. The number of likely N-dealkylation sites (tertiary alicyclic amines) is 1. The molecular formula is C28H29ClN2O4. The number of carboxylic acid groups (broad SMARTS) is 1. The number of carboxylic acids is 1. The van der Waals surface area contributed by atoms with Crippen molar-refractivity contribution in [2.45, 2.75) is 25.4 Å². The van der Waals surface area contributed by atoms with Crippen molar-refractivity contribution in [1.82, 2.24) is 9.88 Å². The second kappa shape index (κ2) is 11.5. The van der Waals surface area contributed by atoms with Gasteiger partial charge >= 0.3 is 5.97 Å². The normalized spacial score (nSPS) is 19.1. The third-order valence-corrected chi connectivity index (χ3v) is 6.94. The zero-order chi connectivity index (χ0) is 24.8. The minimum Gasteiger partial charge on any atom is -0.497 e. The number of fused-ring (bicyclic) bond motifs is 1. The van der Waals surface area contributed by atoms with Gasteiger partial charge in [0.1, 0.15) is 5.75 Å². The standard InChI is InChI=1S/C28H29ClN2O4/c1-35-22-9-10-26-24(17-22)23(12-14-30-26)27(32)11-6-20-13-16-31(18-25(20)28(33)34)15-2-3-19-4-7-21(29)8-5-19/h4-5,7-10,12,14,17,20,25,27,32H,6,11,13,15-16,18H2,1H3,(H,33,34)/t20-,25+,27-/m1/s1. The first-order chi connectivity index (χ1) is 16.9. The fourth-order valence-corrected chi connectivity index (χ4v) is 4.84. The lowest BCUT2D eigenvalue weighted by atomic mass is 9.81. The second-order valence-electron chi connectivity index (χ2n) is 8.91. The van der Waals surface area contributed by atoms with Crippen molar-refractivity contribution in [3.63, 3.8) is 0 Å². The summed E-state index contributed by atoms with van der Waals surface area (Å²) >= 11 is 5.91. The van der Waals surface area contributed by atoms with Crippen molar-refractivity contribution in [3.8, 4) is 17.6 Å². The van der Waals surface area contributed by atoms with Gasteiger partial charge in [0.05, 0.1) is 31.2 Å². The molecule has 2 aromatic carbocycles. The molecular weight excluding hydrogens is 464 g/mol. The lowest BCUT2D eigenvalue weighted by Crippen LogP contribution is -2.44. The first-order valence-corrected chi connectivity index (χ1v) is 12.1. The van der Waals surface area contributed by atoms with Crippen molar-refractivity contribution in [1.29, 1.82) is 0 Å². The molecule has 0 radical (unpaired) electrons. The third kappa shape index (κ3) is 6.32. The molecule has 6 nitrogen and oxygen atoms in total. The summed E-state index contributed by atoms with van der Waals surface area (Å²) in [5.41, 5.74) is 2.46. The molecule has 0 unspecified atom stereocenters. The van der Waals surface area contributed by atoms with E-state index in [0.717, 1.165) is 35.0 Å². The van der Waals surface area contributed by atoms with Crippen molar-refractivity contribution in [2.75, 3.05) is 26.7 Å². The molecule has 0 saturated carbocycles. The van der Waals surface area contributed by atoms with E-state index >= 15 is 0 Å². The molecule has 2 heterocycles. The monoisotopic (exact) mass is 492 g/mol. The number of piperidine rings is 1. The van der Waals surface area contributed by atoms with E-state index in [4.69, 9.17) is 16.3 Å². The number of hydrogen-bond donors (Lipinski definition) is 2. The number of rotatable bonds is 7. The zero-order valence-corrected chi connectivity index (χ0v) is 20.4. The van der Waals surface area contributed by atoms with Gasteiger partial charge in [0, 0.05) is 28.7 Å². The quantitative estimate of drug-likeness (QED) is 0.462. The van der Waals surface area contributed by atoms with Crippen LogP contribution in [0.1, 0.15) is 36.5 Å². The van der Waals surface area contributed by atoms with Crippen LogP contribution in [0, 0.1) is 23.7 Å². The number of ether oxygens (including phenoxy) is 1. The Bertz CT molecular complexity index is 1240. The smallest absolute Gasteiger partial charge is 0.308 e. The van der Waals surface area contributed by atoms with Gasteiger partial charge in [0.25, 0.3) is 0 Å². The summed E-state index contributed by atoms with van der Waals surface area (Å²) in [4.78, 5) is 18.5. The first kappa shape index (κ1) is 25.0. The molecule has 3 aromatic rings. The van der Waals surface area contributed by atoms with Gasteiger partial charge in [-0.3, -0.25) is 14.7 Å². The number of aliphatic hydroxyl groups is 1. The van der Waals surface area contributed by atoms with Crippen LogP contribution in [-0.2, 0) is 4.79 Å². The molecule has 1 aliphatic heterocycles. The van der Waals surface area contributed by atoms with Crippen LogP contribution in [0.25, 0.3) is 10.9 Å². The number of hydrogen-bond acceptors (Lipinski definition) is 5. The van der Waals surface area contributed by atoms with E-state index < -0.39 is 18.0 Å². The second-order valence-corrected chi connectivity index (χ2v) is 9.35. The Balaban J connectivity index is 1.37. The van der Waals surface area contributed by atoms with Gasteiger partial charge in [-0.2, -0.15) is 0 Å². The molecule has 1 aliphatic rings. The van der Waals surface area contributed by atoms with Crippen molar-refractivity contribution < 1.29 is 19.7 Å². The Morgan fingerprint density at radius 3 is 2.80 bits per heavy atom. The number of aromatic nitrogens is 1. The number of carbonyl (C=O) groups is 1. The largest absolute Gasteiger partial charge is 0.497 e. The summed E-state index contributed by atoms with van der Waals surface area (Å²) in [6, 6.07) is 14.8. The molecule has 4 rings (SSSR count). The summed E-state index contributed by atoms with van der Waals surface area (Å²) in [5.74, 6) is 5.69. The van der Waals surface area contributed by atoms with Gasteiger partial charge in [-0.1, -0.05) is 23.4 Å². The van der Waals surface area contributed by atoms with Crippen LogP contribution in [0.2, 0.25) is 5.02 Å². The van der Waals surface area contributed by atoms with E-state index in [1.54, 1.807) is 25.4 Å². The average molecular weight is 493 g/mol. The number of halogens is 1. The maximum atomic E-state index is 12.0. The van der Waals surface area contributed by atoms with Gasteiger partial charge in [-0.05, 0) is 85.8 Å². The minimum atomic E-state index is -0.793. The lowest BCUT2D eigenvalue weighted by Gasteiger charge is -2.36. The summed E-state index contributed by atoms with van der Waals surface area (Å²) in [5, 5.41) is 22.4. The minimum absolute atomic E-state index is 0.00487. The molecule has 1 aromatic heterocycles. The maximum absolute atomic E-state index is 12.0. The predicted octanol–water partition coefficient (Wildman–Crippen LogP) is 4.78. The van der Waals surface area contributed by atoms with E-state index in [1.165, 1.54) is 0 Å². The number of benzene rings is 2. The van der Waals surface area contributed by atoms with Crippen LogP contribution in [0.3, 0.4) is 0 Å². The van der Waals surface area contributed by atoms with Gasteiger partial charge in [0.2, 0.25) is 0 Å². The summed E-state index contributed by atoms with van der Waals surface area (Å²) < 4.78 is 5.33. The SMILES string of the molecule is COc1ccc2nccc([C@H](O)CC[C@@H]3CCN(CC#Cc4ccc(Cl)cc4)C[C@@H]3C(=O)O)c2c1. The number of pyridine rings is 1. The van der Waals surface area contributed by atoms with E-state index in [9.17, 15) is 15.0 Å². The van der Waals surface area contributed by atoms with Crippen molar-refractivity contribution >= 4 is 28.5 Å². The lowest BCUT2D eigenvalue weighted by molar-refractivity contribution is -0.146. The summed E-state index contributed by atoms with van der Waals surface area (Å²) in [6.45, 7) is 1.77. The average Bonchev–Trinajstić information content (AvgIpc) is 2.88. The molecule has 1 fully saturated rings. The number of methoxy groups -OCH3 is 1. The predicted molar refractivity (Wildman–Crippen MR) is 136 cm³/mol. The maximum Gasteiger partial charge on any atom is 0.308 e. The zero-order valence-electron chi connectivity index (χ0n) is 19.7. The van der Waals surface area contributed by atoms with E-state index in [-0.39, 0.29) is 5.92 Å². The Labute approximate surface area is 210 Å². The van der Waals surface area contributed by atoms with E-state index in [2.05, 4.69) is 21.7 Å². The van der Waals surface area contributed by atoms with E-state index in [0.29, 0.717) is 36.7 Å². The first-order valence-electron chi connectivity index (χ1n) is 11.7. The topological polar surface area (TPSA) is 82.9 Å². The summed E-state index contributed by atoms with van der Waals surface area (Å²) in [7, 11) is 1.61.